The number of hydrogen-bond donors (Lipinski definition) is 2. The smallest absolute Gasteiger partial charge is 0.365 e. The standard InChI is InChI=1S/C16H15F3N4O2/c17-16(18,19)13(24)7-9-23-8-3-6-12(23)14(25)22-15-20-10-4-1-2-5-11(10)21-15/h1-2,4-5,7,9,12H,3,6,8H2,(H2,20,21,22,25). The van der Waals surface area contributed by atoms with E-state index < -0.39 is 18.0 Å². The van der Waals surface area contributed by atoms with Crippen LogP contribution < -0.4 is 5.32 Å². The van der Waals surface area contributed by atoms with E-state index in [2.05, 4.69) is 15.3 Å². The molecule has 0 bridgehead atoms. The van der Waals surface area contributed by atoms with Gasteiger partial charge in [-0.3, -0.25) is 14.9 Å². The minimum atomic E-state index is -4.91. The Morgan fingerprint density at radius 1 is 1.32 bits per heavy atom. The molecule has 3 rings (SSSR count). The normalized spacial score (nSPS) is 18.2. The summed E-state index contributed by atoms with van der Waals surface area (Å²) >= 11 is 0. The number of imidazole rings is 1. The van der Waals surface area contributed by atoms with Crippen molar-refractivity contribution in [1.82, 2.24) is 14.9 Å². The fraction of sp³-hybridized carbons (Fsp3) is 0.312. The van der Waals surface area contributed by atoms with Gasteiger partial charge in [-0.1, -0.05) is 12.1 Å². The lowest BCUT2D eigenvalue weighted by Crippen LogP contribution is -2.37. The summed E-state index contributed by atoms with van der Waals surface area (Å²) in [7, 11) is 0. The molecule has 0 spiro atoms. The van der Waals surface area contributed by atoms with Gasteiger partial charge in [-0.25, -0.2) is 4.98 Å². The average Bonchev–Trinajstić information content (AvgIpc) is 3.17. The van der Waals surface area contributed by atoms with Crippen molar-refractivity contribution in [1.29, 1.82) is 0 Å². The SMILES string of the molecule is O=C(Nc1nc2ccccc2[nH]1)C1CCCN1C=CC(=O)C(F)(F)F. The third-order valence-corrected chi connectivity index (χ3v) is 3.92. The number of anilines is 1. The molecule has 2 aromatic rings. The number of nitrogens with zero attached hydrogens (tertiary/aromatic N) is 2. The van der Waals surface area contributed by atoms with Gasteiger partial charge in [0.2, 0.25) is 11.9 Å². The van der Waals surface area contributed by atoms with E-state index in [9.17, 15) is 22.8 Å². The van der Waals surface area contributed by atoms with E-state index in [0.717, 1.165) is 11.7 Å². The van der Waals surface area contributed by atoms with Crippen LogP contribution in [-0.4, -0.2) is 45.3 Å². The van der Waals surface area contributed by atoms with Gasteiger partial charge >= 0.3 is 6.18 Å². The third-order valence-electron chi connectivity index (χ3n) is 3.92. The quantitative estimate of drug-likeness (QED) is 0.829. The summed E-state index contributed by atoms with van der Waals surface area (Å²) in [6.07, 6.45) is -2.31. The lowest BCUT2D eigenvalue weighted by atomic mass is 10.2. The van der Waals surface area contributed by atoms with E-state index in [1.807, 2.05) is 18.2 Å². The van der Waals surface area contributed by atoms with Gasteiger partial charge < -0.3 is 9.88 Å². The van der Waals surface area contributed by atoms with Crippen molar-refractivity contribution in [3.63, 3.8) is 0 Å². The number of hydrogen-bond acceptors (Lipinski definition) is 4. The van der Waals surface area contributed by atoms with Gasteiger partial charge in [0.15, 0.2) is 0 Å². The van der Waals surface area contributed by atoms with Crippen molar-refractivity contribution in [3.05, 3.63) is 36.5 Å². The molecule has 1 fully saturated rings. The van der Waals surface area contributed by atoms with Gasteiger partial charge in [0.25, 0.3) is 5.78 Å². The first-order chi connectivity index (χ1) is 11.8. The highest BCUT2D eigenvalue weighted by Gasteiger charge is 2.37. The highest BCUT2D eigenvalue weighted by atomic mass is 19.4. The number of nitrogens with one attached hydrogen (secondary N) is 2. The first-order valence-electron chi connectivity index (χ1n) is 7.65. The Bertz CT molecular complexity index is 795. The molecule has 1 aliphatic rings. The summed E-state index contributed by atoms with van der Waals surface area (Å²) in [6, 6.07) is 6.59. The fourth-order valence-electron chi connectivity index (χ4n) is 2.72. The van der Waals surface area contributed by atoms with Crippen LogP contribution in [0.1, 0.15) is 12.8 Å². The number of aromatic nitrogens is 2. The van der Waals surface area contributed by atoms with Crippen LogP contribution in [0.2, 0.25) is 0 Å². The molecule has 2 heterocycles. The second-order valence-corrected chi connectivity index (χ2v) is 5.67. The number of rotatable bonds is 4. The highest BCUT2D eigenvalue weighted by Crippen LogP contribution is 2.21. The van der Waals surface area contributed by atoms with Crippen LogP contribution in [0.4, 0.5) is 19.1 Å². The summed E-state index contributed by atoms with van der Waals surface area (Å²) < 4.78 is 36.8. The molecule has 0 aliphatic carbocycles. The molecule has 25 heavy (non-hydrogen) atoms. The van der Waals surface area contributed by atoms with Crippen molar-refractivity contribution < 1.29 is 22.8 Å². The topological polar surface area (TPSA) is 78.1 Å². The lowest BCUT2D eigenvalue weighted by molar-refractivity contribution is -0.165. The van der Waals surface area contributed by atoms with E-state index in [1.165, 1.54) is 4.90 Å². The molecule has 9 heteroatoms. The predicted octanol–water partition coefficient (Wildman–Crippen LogP) is 2.61. The summed E-state index contributed by atoms with van der Waals surface area (Å²) in [6.45, 7) is 0.403. The van der Waals surface area contributed by atoms with Crippen molar-refractivity contribution >= 4 is 28.7 Å². The van der Waals surface area contributed by atoms with Crippen molar-refractivity contribution in [3.8, 4) is 0 Å². The molecule has 0 radical (unpaired) electrons. The van der Waals surface area contributed by atoms with E-state index in [1.54, 1.807) is 6.07 Å². The van der Waals surface area contributed by atoms with E-state index in [0.29, 0.717) is 31.0 Å². The number of carbonyl (C=O) groups is 2. The molecule has 132 valence electrons. The Morgan fingerprint density at radius 2 is 2.08 bits per heavy atom. The molecule has 1 aliphatic heterocycles. The number of likely N-dealkylation sites (tertiary alicyclic amines) is 1. The van der Waals surface area contributed by atoms with E-state index >= 15 is 0 Å². The van der Waals surface area contributed by atoms with Gasteiger partial charge in [0.1, 0.15) is 6.04 Å². The van der Waals surface area contributed by atoms with Gasteiger partial charge in [0.05, 0.1) is 11.0 Å². The van der Waals surface area contributed by atoms with E-state index in [4.69, 9.17) is 0 Å². The number of alkyl halides is 3. The number of fused-ring (bicyclic) bond motifs is 1. The molecule has 1 aromatic heterocycles. The maximum atomic E-state index is 12.4. The van der Waals surface area contributed by atoms with Crippen LogP contribution in [0, 0.1) is 0 Å². The second-order valence-electron chi connectivity index (χ2n) is 5.67. The molecular formula is C16H15F3N4O2. The summed E-state index contributed by atoms with van der Waals surface area (Å²) in [5.41, 5.74) is 1.45. The Balaban J connectivity index is 1.68. The number of para-hydroxylation sites is 2. The molecular weight excluding hydrogens is 337 g/mol. The molecule has 1 atom stereocenters. The fourth-order valence-corrected chi connectivity index (χ4v) is 2.72. The number of carbonyl (C=O) groups excluding carboxylic acids is 2. The van der Waals surface area contributed by atoms with Crippen LogP contribution in [0.5, 0.6) is 0 Å². The molecule has 1 aromatic carbocycles. The number of amides is 1. The number of allylic oxidation sites excluding steroid dienone is 1. The minimum absolute atomic E-state index is 0.272. The summed E-state index contributed by atoms with van der Waals surface area (Å²) in [5.74, 6) is -2.06. The number of aromatic amines is 1. The van der Waals surface area contributed by atoms with Crippen molar-refractivity contribution in [2.75, 3.05) is 11.9 Å². The van der Waals surface area contributed by atoms with Crippen LogP contribution in [0.25, 0.3) is 11.0 Å². The largest absolute Gasteiger partial charge is 0.454 e. The Morgan fingerprint density at radius 3 is 2.80 bits per heavy atom. The Kier molecular flexibility index (Phi) is 4.47. The highest BCUT2D eigenvalue weighted by molar-refractivity contribution is 5.96. The Hall–Kier alpha value is -2.84. The molecule has 0 saturated carbocycles. The lowest BCUT2D eigenvalue weighted by Gasteiger charge is -2.21. The van der Waals surface area contributed by atoms with Crippen LogP contribution in [0.15, 0.2) is 36.5 Å². The predicted molar refractivity (Wildman–Crippen MR) is 84.7 cm³/mol. The van der Waals surface area contributed by atoms with Gasteiger partial charge in [-0.05, 0) is 25.0 Å². The molecule has 1 saturated heterocycles. The third kappa shape index (κ3) is 3.81. The molecule has 6 nitrogen and oxygen atoms in total. The molecule has 2 N–H and O–H groups in total. The van der Waals surface area contributed by atoms with Gasteiger partial charge in [-0.15, -0.1) is 0 Å². The number of benzene rings is 1. The number of halogens is 3. The zero-order valence-corrected chi connectivity index (χ0v) is 13.0. The average molecular weight is 352 g/mol. The Labute approximate surface area is 140 Å². The summed E-state index contributed by atoms with van der Waals surface area (Å²) in [4.78, 5) is 31.9. The van der Waals surface area contributed by atoms with Crippen LogP contribution in [0.3, 0.4) is 0 Å². The first-order valence-corrected chi connectivity index (χ1v) is 7.65. The van der Waals surface area contributed by atoms with E-state index in [-0.39, 0.29) is 11.9 Å². The zero-order valence-electron chi connectivity index (χ0n) is 13.0. The number of ketones is 1. The van der Waals surface area contributed by atoms with Crippen molar-refractivity contribution in [2.24, 2.45) is 0 Å². The maximum absolute atomic E-state index is 12.4. The van der Waals surface area contributed by atoms with Crippen LogP contribution >= 0.6 is 0 Å². The van der Waals surface area contributed by atoms with Crippen LogP contribution in [-0.2, 0) is 9.59 Å². The van der Waals surface area contributed by atoms with Gasteiger partial charge in [0, 0.05) is 18.8 Å². The second kappa shape index (κ2) is 6.58. The van der Waals surface area contributed by atoms with Crippen molar-refractivity contribution in [2.45, 2.75) is 25.1 Å². The van der Waals surface area contributed by atoms with Gasteiger partial charge in [-0.2, -0.15) is 13.2 Å². The monoisotopic (exact) mass is 352 g/mol. The number of H-pyrrole nitrogens is 1. The zero-order chi connectivity index (χ0) is 18.0. The molecule has 1 amide bonds. The summed E-state index contributed by atoms with van der Waals surface area (Å²) in [5, 5.41) is 2.63. The first kappa shape index (κ1) is 17.0. The minimum Gasteiger partial charge on any atom is -0.365 e. The maximum Gasteiger partial charge on any atom is 0.454 e. The molecule has 1 unspecified atom stereocenters.